The number of nitrogens with zero attached hydrogens (tertiary/aromatic N) is 2. The van der Waals surface area contributed by atoms with Crippen LogP contribution in [0.5, 0.6) is 0 Å². The van der Waals surface area contributed by atoms with Gasteiger partial charge in [0.2, 0.25) is 0 Å². The Hall–Kier alpha value is -10.2. The van der Waals surface area contributed by atoms with Gasteiger partial charge in [-0.05, 0) is 266 Å². The summed E-state index contributed by atoms with van der Waals surface area (Å²) in [5.41, 5.74) is 32.7. The van der Waals surface area contributed by atoms with Crippen LogP contribution in [0.4, 0.5) is 34.1 Å². The van der Waals surface area contributed by atoms with Crippen LogP contribution >= 0.6 is 0 Å². The fraction of sp³-hybridized carbons (Fsp3) is 0.229. The molecular formula is C96H87BN2O. The Bertz CT molecular complexity index is 5790. The molecule has 0 saturated carbocycles. The van der Waals surface area contributed by atoms with E-state index in [9.17, 15) is 0 Å². The Morgan fingerprint density at radius 3 is 1.11 bits per heavy atom. The summed E-state index contributed by atoms with van der Waals surface area (Å²) in [5, 5.41) is 17.6. The van der Waals surface area contributed by atoms with Crippen molar-refractivity contribution < 1.29 is 4.42 Å². The van der Waals surface area contributed by atoms with E-state index in [2.05, 4.69) is 335 Å². The van der Waals surface area contributed by atoms with Gasteiger partial charge in [0.15, 0.2) is 0 Å². The molecule has 4 heteroatoms. The molecule has 0 saturated heterocycles. The van der Waals surface area contributed by atoms with Crippen LogP contribution in [-0.2, 0) is 21.7 Å². The topological polar surface area (TPSA) is 19.6 Å². The van der Waals surface area contributed by atoms with E-state index >= 15 is 0 Å². The molecule has 1 aromatic heterocycles. The van der Waals surface area contributed by atoms with E-state index < -0.39 is 0 Å². The molecule has 0 spiro atoms. The molecule has 490 valence electrons. The molecule has 0 aliphatic carbocycles. The maximum Gasteiger partial charge on any atom is 0.252 e. The molecular weight excluding hydrogens is 1210 g/mol. The summed E-state index contributed by atoms with van der Waals surface area (Å²) in [5.74, 6) is 0. The molecule has 0 radical (unpaired) electrons. The molecule has 16 aromatic rings. The lowest BCUT2D eigenvalue weighted by molar-refractivity contribution is 0.568. The number of anilines is 6. The zero-order valence-corrected chi connectivity index (χ0v) is 61.4. The van der Waals surface area contributed by atoms with Crippen LogP contribution in [0.15, 0.2) is 205 Å². The molecule has 18 rings (SSSR count). The highest BCUT2D eigenvalue weighted by molar-refractivity contribution is 7.01. The van der Waals surface area contributed by atoms with Crippen LogP contribution in [0, 0.1) is 41.5 Å². The van der Waals surface area contributed by atoms with Gasteiger partial charge in [-0.25, -0.2) is 0 Å². The van der Waals surface area contributed by atoms with E-state index in [0.29, 0.717) is 0 Å². The number of hydrogen-bond acceptors (Lipinski definition) is 3. The van der Waals surface area contributed by atoms with E-state index in [1.807, 2.05) is 0 Å². The minimum absolute atomic E-state index is 0.164. The molecule has 0 unspecified atom stereocenters. The van der Waals surface area contributed by atoms with Gasteiger partial charge >= 0.3 is 0 Å². The molecule has 0 amide bonds. The summed E-state index contributed by atoms with van der Waals surface area (Å²) in [7, 11) is 0. The monoisotopic (exact) mass is 1290 g/mol. The Morgan fingerprint density at radius 1 is 0.310 bits per heavy atom. The molecule has 0 N–H and O–H groups in total. The zero-order valence-electron chi connectivity index (χ0n) is 61.4. The summed E-state index contributed by atoms with van der Waals surface area (Å²) in [6, 6.07) is 79.6. The molecule has 15 aromatic carbocycles. The van der Waals surface area contributed by atoms with E-state index in [4.69, 9.17) is 4.42 Å². The molecule has 3 nitrogen and oxygen atoms in total. The summed E-state index contributed by atoms with van der Waals surface area (Å²) in [6.07, 6.45) is 0. The van der Waals surface area contributed by atoms with Crippen molar-refractivity contribution in [2.24, 2.45) is 0 Å². The first-order valence-electron chi connectivity index (χ1n) is 36.2. The molecule has 100 heavy (non-hydrogen) atoms. The van der Waals surface area contributed by atoms with Gasteiger partial charge in [0.1, 0.15) is 11.2 Å². The van der Waals surface area contributed by atoms with Gasteiger partial charge in [-0.1, -0.05) is 240 Å². The van der Waals surface area contributed by atoms with Gasteiger partial charge in [0, 0.05) is 55.7 Å². The fourth-order valence-electron chi connectivity index (χ4n) is 18.2. The lowest BCUT2D eigenvalue weighted by Gasteiger charge is -2.46. The van der Waals surface area contributed by atoms with Crippen molar-refractivity contribution >= 4 is 144 Å². The Labute approximate surface area is 589 Å². The van der Waals surface area contributed by atoms with Crippen LogP contribution in [0.3, 0.4) is 0 Å². The van der Waals surface area contributed by atoms with E-state index in [1.165, 1.54) is 193 Å². The summed E-state index contributed by atoms with van der Waals surface area (Å²) in [6.45, 7) is 42.0. The first kappa shape index (κ1) is 62.1. The third-order valence-corrected chi connectivity index (χ3v) is 23.0. The van der Waals surface area contributed by atoms with Gasteiger partial charge in [0.05, 0.1) is 0 Å². The molecule has 2 aliphatic heterocycles. The predicted octanol–water partition coefficient (Wildman–Crippen LogP) is 25.5. The van der Waals surface area contributed by atoms with Crippen molar-refractivity contribution in [1.82, 2.24) is 0 Å². The van der Waals surface area contributed by atoms with Crippen LogP contribution < -0.4 is 26.2 Å². The third-order valence-electron chi connectivity index (χ3n) is 23.0. The predicted molar refractivity (Wildman–Crippen MR) is 435 cm³/mol. The molecule has 0 bridgehead atoms. The summed E-state index contributed by atoms with van der Waals surface area (Å²) in [4.78, 5) is 5.49. The zero-order chi connectivity index (χ0) is 69.4. The second-order valence-corrected chi connectivity index (χ2v) is 34.1. The average molecular weight is 1300 g/mol. The minimum Gasteiger partial charge on any atom is -0.456 e. The van der Waals surface area contributed by atoms with Crippen LogP contribution in [0.25, 0.3) is 120 Å². The van der Waals surface area contributed by atoms with E-state index in [0.717, 1.165) is 33.1 Å². The highest BCUT2D eigenvalue weighted by Crippen LogP contribution is 2.55. The minimum atomic E-state index is -0.208. The number of aryl methyl sites for hydroxylation is 6. The van der Waals surface area contributed by atoms with Gasteiger partial charge in [0.25, 0.3) is 6.71 Å². The lowest BCUT2D eigenvalue weighted by Crippen LogP contribution is -2.61. The van der Waals surface area contributed by atoms with Gasteiger partial charge in [-0.3, -0.25) is 0 Å². The Morgan fingerprint density at radius 2 is 0.680 bits per heavy atom. The van der Waals surface area contributed by atoms with Crippen molar-refractivity contribution in [3.05, 3.63) is 256 Å². The fourth-order valence-corrected chi connectivity index (χ4v) is 18.2. The molecule has 3 heterocycles. The Kier molecular flexibility index (Phi) is 13.2. The van der Waals surface area contributed by atoms with Crippen LogP contribution in [0.1, 0.15) is 139 Å². The van der Waals surface area contributed by atoms with Crippen molar-refractivity contribution in [3.8, 4) is 33.4 Å². The number of hydrogen-bond donors (Lipinski definition) is 0. The van der Waals surface area contributed by atoms with E-state index in [1.54, 1.807) is 0 Å². The highest BCUT2D eigenvalue weighted by Gasteiger charge is 2.47. The number of rotatable bonds is 5. The Balaban J connectivity index is 1.04. The second kappa shape index (κ2) is 21.2. The highest BCUT2D eigenvalue weighted by atomic mass is 16.3. The summed E-state index contributed by atoms with van der Waals surface area (Å²) >= 11 is 0. The third kappa shape index (κ3) is 9.24. The SMILES string of the molecule is Cc1cc(C)c(-c2ccc3ccc4cc5c(c6ccc2c3c46)N(c2cc(C(C)(C)C)cc(C(C)(C)C)c2)c2cc(-c3ccc4c(c3)oc3ccccc34)cc3c2B5c2cc4ccc5ccc(-c6c(C)cc(C)cc6C)c6ccc(c2N3c2cc(C(C)(C)C)cc(C(C)(C)C)c2)c4c56)c(C)c1. The second-order valence-electron chi connectivity index (χ2n) is 34.1. The first-order chi connectivity index (χ1) is 47.5. The smallest absolute Gasteiger partial charge is 0.252 e. The first-order valence-corrected chi connectivity index (χ1v) is 36.2. The normalized spacial score (nSPS) is 13.6. The quantitative estimate of drug-likeness (QED) is 0.126. The largest absolute Gasteiger partial charge is 0.456 e. The van der Waals surface area contributed by atoms with Crippen molar-refractivity contribution in [3.63, 3.8) is 0 Å². The van der Waals surface area contributed by atoms with Crippen LogP contribution in [-0.4, -0.2) is 6.71 Å². The number of para-hydroxylation sites is 1. The van der Waals surface area contributed by atoms with Gasteiger partial charge < -0.3 is 14.2 Å². The van der Waals surface area contributed by atoms with Gasteiger partial charge in [-0.15, -0.1) is 0 Å². The summed E-state index contributed by atoms with van der Waals surface area (Å²) < 4.78 is 6.86. The van der Waals surface area contributed by atoms with Crippen molar-refractivity contribution in [1.29, 1.82) is 0 Å². The van der Waals surface area contributed by atoms with Crippen molar-refractivity contribution in [2.75, 3.05) is 9.80 Å². The number of fused-ring (bicyclic) bond motifs is 9. The van der Waals surface area contributed by atoms with E-state index in [-0.39, 0.29) is 28.4 Å². The molecule has 0 fully saturated rings. The number of furan rings is 1. The maximum absolute atomic E-state index is 6.86. The molecule has 0 atom stereocenters. The molecule has 2 aliphatic rings. The maximum atomic E-state index is 6.86. The van der Waals surface area contributed by atoms with Crippen LogP contribution in [0.2, 0.25) is 0 Å². The standard InChI is InChI=1S/C96H87BN2O/c1-52-37-54(3)84(55(4)38-52)72-31-27-58-23-25-61-41-78-91(76-35-33-74(72)86(58)88(61)76)98(68-48-64(93(7,8)9)46-65(49-68)94(10,11)12)80-43-63(60-29-30-71-70-21-19-20-22-82(70)100-83(71)45-60)44-81-90(80)97(78)79-42-62-26-24-59-28-32-73(85-56(5)39-53(2)40-57(85)6)75-34-36-77(89(62)87(59)75)92(79)99(81)69-50-66(95(13,14)15)47-67(51-69)96(16,17)18/h19-51H,1-18H3. The van der Waals surface area contributed by atoms with Gasteiger partial charge in [-0.2, -0.15) is 0 Å². The number of benzene rings is 15. The van der Waals surface area contributed by atoms with Crippen molar-refractivity contribution in [2.45, 2.75) is 146 Å². The lowest BCUT2D eigenvalue weighted by atomic mass is 9.33. The average Bonchev–Trinajstić information content (AvgIpc) is 0.707.